The maximum Gasteiger partial charge on any atom is 0.306 e. The highest BCUT2D eigenvalue weighted by Crippen LogP contribution is 2.24. The summed E-state index contributed by atoms with van der Waals surface area (Å²) in [5.74, 6) is 1.22. The predicted molar refractivity (Wildman–Crippen MR) is 98.4 cm³/mol. The van der Waals surface area contributed by atoms with Gasteiger partial charge in [0, 0.05) is 18.5 Å². The first-order valence-corrected chi connectivity index (χ1v) is 9.18. The van der Waals surface area contributed by atoms with Crippen molar-refractivity contribution in [1.29, 1.82) is 0 Å². The number of carbonyl (C=O) groups is 2. The average Bonchev–Trinajstić information content (AvgIpc) is 2.66. The summed E-state index contributed by atoms with van der Waals surface area (Å²) in [5.41, 5.74) is 0.915. The molecule has 6 heteroatoms. The van der Waals surface area contributed by atoms with Gasteiger partial charge in [0.2, 0.25) is 0 Å². The van der Waals surface area contributed by atoms with Crippen LogP contribution in [0.4, 0.5) is 0 Å². The number of ether oxygens (including phenoxy) is 3. The lowest BCUT2D eigenvalue weighted by Gasteiger charge is -2.29. The molecule has 1 N–H and O–H groups in total. The van der Waals surface area contributed by atoms with E-state index in [1.807, 2.05) is 12.1 Å². The van der Waals surface area contributed by atoms with Gasteiger partial charge in [-0.25, -0.2) is 0 Å². The molecule has 1 amide bonds. The summed E-state index contributed by atoms with van der Waals surface area (Å²) in [6.45, 7) is 1.93. The van der Waals surface area contributed by atoms with Crippen LogP contribution < -0.4 is 14.8 Å². The van der Waals surface area contributed by atoms with Gasteiger partial charge in [-0.15, -0.1) is 0 Å². The van der Waals surface area contributed by atoms with Crippen molar-refractivity contribution in [2.24, 2.45) is 5.92 Å². The van der Waals surface area contributed by atoms with Gasteiger partial charge in [0.15, 0.2) is 6.61 Å². The maximum absolute atomic E-state index is 12.0. The van der Waals surface area contributed by atoms with Gasteiger partial charge in [0.05, 0.1) is 14.2 Å². The molecule has 0 saturated heterocycles. The number of methoxy groups -OCH3 is 2. The van der Waals surface area contributed by atoms with Crippen molar-refractivity contribution >= 4 is 11.9 Å². The van der Waals surface area contributed by atoms with Crippen LogP contribution in [-0.4, -0.2) is 38.7 Å². The van der Waals surface area contributed by atoms with E-state index in [0.29, 0.717) is 23.8 Å². The summed E-state index contributed by atoms with van der Waals surface area (Å²) in [4.78, 5) is 23.9. The number of hydrogen-bond acceptors (Lipinski definition) is 5. The van der Waals surface area contributed by atoms with Gasteiger partial charge in [-0.1, -0.05) is 19.8 Å². The third-order valence-corrected chi connectivity index (χ3v) is 4.85. The Balaban J connectivity index is 1.74. The van der Waals surface area contributed by atoms with Gasteiger partial charge in [0.1, 0.15) is 11.5 Å². The van der Waals surface area contributed by atoms with Crippen molar-refractivity contribution < 1.29 is 23.8 Å². The second kappa shape index (κ2) is 10.0. The van der Waals surface area contributed by atoms with Gasteiger partial charge in [-0.3, -0.25) is 9.59 Å². The minimum absolute atomic E-state index is 0.194. The third kappa shape index (κ3) is 6.24. The molecule has 6 nitrogen and oxygen atoms in total. The molecule has 0 radical (unpaired) electrons. The zero-order valence-corrected chi connectivity index (χ0v) is 15.9. The van der Waals surface area contributed by atoms with Crippen LogP contribution in [0.25, 0.3) is 0 Å². The van der Waals surface area contributed by atoms with E-state index in [0.717, 1.165) is 24.8 Å². The molecule has 0 spiro atoms. The number of benzene rings is 1. The topological polar surface area (TPSA) is 73.9 Å². The Morgan fingerprint density at radius 3 is 2.35 bits per heavy atom. The van der Waals surface area contributed by atoms with E-state index in [1.54, 1.807) is 20.3 Å². The molecule has 1 aromatic rings. The van der Waals surface area contributed by atoms with Crippen molar-refractivity contribution in [1.82, 2.24) is 5.32 Å². The van der Waals surface area contributed by atoms with E-state index >= 15 is 0 Å². The molecule has 0 aliphatic heterocycles. The number of amides is 1. The van der Waals surface area contributed by atoms with E-state index in [-0.39, 0.29) is 25.0 Å². The first kappa shape index (κ1) is 20.1. The Bertz CT molecular complexity index is 594. The van der Waals surface area contributed by atoms with Gasteiger partial charge < -0.3 is 19.5 Å². The molecule has 0 aromatic heterocycles. The number of carbonyl (C=O) groups excluding carboxylic acids is 2. The van der Waals surface area contributed by atoms with Crippen molar-refractivity contribution in [3.05, 3.63) is 23.8 Å². The average molecular weight is 363 g/mol. The number of nitrogens with one attached hydrogen (secondary N) is 1. The molecule has 26 heavy (non-hydrogen) atoms. The molecular formula is C20H29NO5. The van der Waals surface area contributed by atoms with E-state index in [1.165, 1.54) is 6.42 Å². The molecule has 2 atom stereocenters. The van der Waals surface area contributed by atoms with Crippen molar-refractivity contribution in [3.63, 3.8) is 0 Å². The minimum Gasteiger partial charge on any atom is -0.497 e. The molecule has 0 heterocycles. The van der Waals surface area contributed by atoms with Crippen molar-refractivity contribution in [2.45, 2.75) is 51.5 Å². The fourth-order valence-electron chi connectivity index (χ4n) is 3.25. The zero-order chi connectivity index (χ0) is 18.9. The summed E-state index contributed by atoms with van der Waals surface area (Å²) >= 11 is 0. The number of esters is 1. The zero-order valence-electron chi connectivity index (χ0n) is 15.9. The van der Waals surface area contributed by atoms with Crippen LogP contribution in [0.15, 0.2) is 18.2 Å². The standard InChI is InChI=1S/C20H29NO5/c1-14-6-4-5-7-18(14)21-19(22)13-26-20(23)9-8-15-10-16(24-2)12-17(11-15)25-3/h10-12,14,18H,4-9,13H2,1-3H3,(H,21,22)/t14-,18+/m1/s1. The molecular weight excluding hydrogens is 334 g/mol. The molecule has 0 unspecified atom stereocenters. The quantitative estimate of drug-likeness (QED) is 0.719. The molecule has 2 rings (SSSR count). The summed E-state index contributed by atoms with van der Waals surface area (Å²) in [7, 11) is 3.16. The number of hydrogen-bond donors (Lipinski definition) is 1. The van der Waals surface area contributed by atoms with Crippen LogP contribution >= 0.6 is 0 Å². The van der Waals surface area contributed by atoms with Crippen LogP contribution in [0.5, 0.6) is 11.5 Å². The Morgan fingerprint density at radius 2 is 1.73 bits per heavy atom. The van der Waals surface area contributed by atoms with Gasteiger partial charge in [-0.05, 0) is 42.9 Å². The second-order valence-corrected chi connectivity index (χ2v) is 6.82. The summed E-state index contributed by atoms with van der Waals surface area (Å²) < 4.78 is 15.5. The number of aryl methyl sites for hydroxylation is 1. The van der Waals surface area contributed by atoms with E-state index in [2.05, 4.69) is 12.2 Å². The molecule has 1 saturated carbocycles. The van der Waals surface area contributed by atoms with Crippen LogP contribution in [0, 0.1) is 5.92 Å². The van der Waals surface area contributed by atoms with Gasteiger partial charge in [0.25, 0.3) is 5.91 Å². The van der Waals surface area contributed by atoms with Gasteiger partial charge in [-0.2, -0.15) is 0 Å². The highest BCUT2D eigenvalue weighted by atomic mass is 16.5. The summed E-state index contributed by atoms with van der Waals surface area (Å²) in [6, 6.07) is 5.68. The largest absolute Gasteiger partial charge is 0.497 e. The van der Waals surface area contributed by atoms with Gasteiger partial charge >= 0.3 is 5.97 Å². The molecule has 1 aliphatic rings. The van der Waals surface area contributed by atoms with Crippen LogP contribution in [0.3, 0.4) is 0 Å². The summed E-state index contributed by atoms with van der Waals surface area (Å²) in [6.07, 6.45) is 5.18. The lowest BCUT2D eigenvalue weighted by Crippen LogP contribution is -2.42. The Kier molecular flexibility index (Phi) is 7.75. The third-order valence-electron chi connectivity index (χ3n) is 4.85. The first-order valence-electron chi connectivity index (χ1n) is 9.18. The molecule has 0 bridgehead atoms. The van der Waals surface area contributed by atoms with Crippen LogP contribution in [0.1, 0.15) is 44.6 Å². The lowest BCUT2D eigenvalue weighted by atomic mass is 9.86. The van der Waals surface area contributed by atoms with Crippen LogP contribution in [-0.2, 0) is 20.7 Å². The smallest absolute Gasteiger partial charge is 0.306 e. The molecule has 1 aliphatic carbocycles. The highest BCUT2D eigenvalue weighted by molar-refractivity contribution is 5.80. The molecule has 1 fully saturated rings. The van der Waals surface area contributed by atoms with Crippen molar-refractivity contribution in [2.75, 3.05) is 20.8 Å². The Morgan fingerprint density at radius 1 is 1.08 bits per heavy atom. The van der Waals surface area contributed by atoms with Crippen molar-refractivity contribution in [3.8, 4) is 11.5 Å². The fourth-order valence-corrected chi connectivity index (χ4v) is 3.25. The second-order valence-electron chi connectivity index (χ2n) is 6.82. The SMILES string of the molecule is COc1cc(CCC(=O)OCC(=O)N[C@H]2CCCC[C@H]2C)cc(OC)c1. The van der Waals surface area contributed by atoms with E-state index in [4.69, 9.17) is 14.2 Å². The minimum atomic E-state index is -0.390. The predicted octanol–water partition coefficient (Wildman–Crippen LogP) is 2.87. The fraction of sp³-hybridized carbons (Fsp3) is 0.600. The first-order chi connectivity index (χ1) is 12.5. The molecule has 1 aromatic carbocycles. The highest BCUT2D eigenvalue weighted by Gasteiger charge is 2.23. The number of rotatable bonds is 8. The molecule has 144 valence electrons. The van der Waals surface area contributed by atoms with Crippen LogP contribution in [0.2, 0.25) is 0 Å². The lowest BCUT2D eigenvalue weighted by molar-refractivity contribution is -0.148. The Labute approximate surface area is 155 Å². The normalized spacial score (nSPS) is 19.5. The monoisotopic (exact) mass is 363 g/mol. The Hall–Kier alpha value is -2.24. The summed E-state index contributed by atoms with van der Waals surface area (Å²) in [5, 5.41) is 2.98. The maximum atomic E-state index is 12.0. The van der Waals surface area contributed by atoms with E-state index < -0.39 is 5.97 Å². The van der Waals surface area contributed by atoms with E-state index in [9.17, 15) is 9.59 Å².